The molecule has 2 fully saturated rings. The van der Waals surface area contributed by atoms with Crippen molar-refractivity contribution in [1.82, 2.24) is 20.1 Å². The molecule has 36 heavy (non-hydrogen) atoms. The Morgan fingerprint density at radius 1 is 1.28 bits per heavy atom. The maximum atomic E-state index is 14.9. The highest BCUT2D eigenvalue weighted by molar-refractivity contribution is 6.35. The summed E-state index contributed by atoms with van der Waals surface area (Å²) in [5.41, 5.74) is 0.0795. The van der Waals surface area contributed by atoms with Crippen LogP contribution in [0.3, 0.4) is 0 Å². The maximum Gasteiger partial charge on any atom is 0.261 e. The van der Waals surface area contributed by atoms with E-state index in [1.165, 1.54) is 18.2 Å². The number of halogens is 2. The molecule has 0 bridgehead atoms. The molecule has 192 valence electrons. The minimum absolute atomic E-state index is 0.00563. The van der Waals surface area contributed by atoms with Gasteiger partial charge in [0.05, 0.1) is 11.6 Å². The molecular weight excluding hydrogens is 489 g/mol. The Hall–Kier alpha value is -3.11. The van der Waals surface area contributed by atoms with E-state index in [-0.39, 0.29) is 63.8 Å². The van der Waals surface area contributed by atoms with E-state index in [2.05, 4.69) is 5.32 Å². The van der Waals surface area contributed by atoms with E-state index in [9.17, 15) is 19.1 Å². The third-order valence-electron chi connectivity index (χ3n) is 7.10. The number of hydrogen-bond donors (Lipinski definition) is 2. The number of aromatic nitrogens is 1. The molecule has 0 unspecified atom stereocenters. The lowest BCUT2D eigenvalue weighted by Gasteiger charge is -2.41. The van der Waals surface area contributed by atoms with Crippen LogP contribution in [0, 0.1) is 5.82 Å². The van der Waals surface area contributed by atoms with Gasteiger partial charge in [-0.3, -0.25) is 9.59 Å². The summed E-state index contributed by atoms with van der Waals surface area (Å²) in [6.07, 6.45) is 0.411. The summed E-state index contributed by atoms with van der Waals surface area (Å²) in [5.74, 6) is -0.747. The van der Waals surface area contributed by atoms with Gasteiger partial charge in [0.15, 0.2) is 5.75 Å². The van der Waals surface area contributed by atoms with Crippen molar-refractivity contribution in [1.29, 1.82) is 0 Å². The Balaban J connectivity index is 1.68. The average molecular weight is 518 g/mol. The number of hydrogen-bond acceptors (Lipinski definition) is 7. The number of aromatic hydroxyl groups is 1. The van der Waals surface area contributed by atoms with Gasteiger partial charge in [0.25, 0.3) is 5.91 Å². The highest BCUT2D eigenvalue weighted by Crippen LogP contribution is 2.46. The van der Waals surface area contributed by atoms with Gasteiger partial charge < -0.3 is 29.9 Å². The maximum absolute atomic E-state index is 14.9. The van der Waals surface area contributed by atoms with Gasteiger partial charge >= 0.3 is 0 Å². The third kappa shape index (κ3) is 4.12. The number of phenols is 1. The van der Waals surface area contributed by atoms with Gasteiger partial charge in [-0.15, -0.1) is 0 Å². The number of fused-ring (bicyclic) bond motifs is 2. The van der Waals surface area contributed by atoms with Crippen molar-refractivity contribution in [3.63, 3.8) is 0 Å². The zero-order chi connectivity index (χ0) is 25.6. The molecule has 2 saturated heterocycles. The highest BCUT2D eigenvalue weighted by Gasteiger charge is 2.40. The van der Waals surface area contributed by atoms with Gasteiger partial charge in [0, 0.05) is 51.7 Å². The van der Waals surface area contributed by atoms with E-state index in [1.807, 2.05) is 18.7 Å². The summed E-state index contributed by atoms with van der Waals surface area (Å²) in [4.78, 5) is 36.4. The number of carbonyl (C=O) groups is 2. The SMILES string of the molecule is CCC(=O)N1CCN(c2nc(-c3c(O)cccc3F)c(Cl)c3c2C(=O)N2CCNC[C@@H]2CO3)[C@@H](C)C1. The average Bonchev–Trinajstić information content (AvgIpc) is 3.02. The summed E-state index contributed by atoms with van der Waals surface area (Å²) >= 11 is 6.75. The van der Waals surface area contributed by atoms with E-state index >= 15 is 0 Å². The Bertz CT molecular complexity index is 1190. The molecule has 3 aliphatic rings. The van der Waals surface area contributed by atoms with E-state index < -0.39 is 5.82 Å². The number of phenolic OH excluding ortho intramolecular Hbond substituents is 1. The molecule has 2 N–H and O–H groups in total. The van der Waals surface area contributed by atoms with E-state index in [0.717, 1.165) is 0 Å². The molecule has 0 aliphatic carbocycles. The zero-order valence-electron chi connectivity index (χ0n) is 20.3. The molecule has 1 aromatic carbocycles. The summed E-state index contributed by atoms with van der Waals surface area (Å²) in [6, 6.07) is 3.60. The van der Waals surface area contributed by atoms with Gasteiger partial charge in [-0.25, -0.2) is 9.37 Å². The van der Waals surface area contributed by atoms with Crippen LogP contribution >= 0.6 is 11.6 Å². The minimum Gasteiger partial charge on any atom is -0.507 e. The molecule has 0 saturated carbocycles. The van der Waals surface area contributed by atoms with Crippen LogP contribution in [0.4, 0.5) is 10.2 Å². The van der Waals surface area contributed by atoms with Crippen molar-refractivity contribution in [2.24, 2.45) is 0 Å². The lowest BCUT2D eigenvalue weighted by atomic mass is 10.0. The van der Waals surface area contributed by atoms with E-state index in [1.54, 1.807) is 9.80 Å². The van der Waals surface area contributed by atoms with Crippen molar-refractivity contribution >= 4 is 29.2 Å². The molecule has 0 radical (unpaired) electrons. The quantitative estimate of drug-likeness (QED) is 0.645. The molecule has 5 rings (SSSR count). The van der Waals surface area contributed by atoms with Gasteiger partial charge in [0.2, 0.25) is 5.91 Å². The first kappa shape index (κ1) is 24.6. The van der Waals surface area contributed by atoms with Crippen LogP contribution in [0.1, 0.15) is 30.6 Å². The first-order valence-corrected chi connectivity index (χ1v) is 12.6. The topological polar surface area (TPSA) is 98.2 Å². The molecule has 4 heterocycles. The van der Waals surface area contributed by atoms with Crippen LogP contribution in [0.5, 0.6) is 11.5 Å². The second-order valence-electron chi connectivity index (χ2n) is 9.34. The Morgan fingerprint density at radius 3 is 2.81 bits per heavy atom. The zero-order valence-corrected chi connectivity index (χ0v) is 21.0. The number of anilines is 1. The van der Waals surface area contributed by atoms with Crippen LogP contribution in [-0.2, 0) is 4.79 Å². The van der Waals surface area contributed by atoms with Crippen LogP contribution < -0.4 is 15.0 Å². The van der Waals surface area contributed by atoms with Gasteiger partial charge in [-0.05, 0) is 19.1 Å². The number of benzene rings is 1. The van der Waals surface area contributed by atoms with Crippen LogP contribution in [0.15, 0.2) is 18.2 Å². The predicted molar refractivity (Wildman–Crippen MR) is 133 cm³/mol. The molecule has 1 aromatic heterocycles. The highest BCUT2D eigenvalue weighted by atomic mass is 35.5. The number of piperazine rings is 2. The number of pyridine rings is 1. The lowest BCUT2D eigenvalue weighted by molar-refractivity contribution is -0.131. The number of rotatable bonds is 3. The number of nitrogens with zero attached hydrogens (tertiary/aromatic N) is 4. The Kier molecular flexibility index (Phi) is 6.65. The van der Waals surface area contributed by atoms with Crippen molar-refractivity contribution < 1.29 is 23.8 Å². The van der Waals surface area contributed by atoms with E-state index in [0.29, 0.717) is 51.5 Å². The molecule has 2 aromatic rings. The van der Waals surface area contributed by atoms with Gasteiger partial charge in [-0.2, -0.15) is 0 Å². The number of amides is 2. The summed E-state index contributed by atoms with van der Waals surface area (Å²) in [5, 5.41) is 13.8. The first-order valence-electron chi connectivity index (χ1n) is 12.2. The minimum atomic E-state index is -0.691. The fourth-order valence-electron chi connectivity index (χ4n) is 5.20. The fraction of sp³-hybridized carbons (Fsp3) is 0.480. The summed E-state index contributed by atoms with van der Waals surface area (Å²) < 4.78 is 21.1. The van der Waals surface area contributed by atoms with E-state index in [4.69, 9.17) is 21.3 Å². The number of ether oxygens (including phenoxy) is 1. The third-order valence-corrected chi connectivity index (χ3v) is 7.45. The van der Waals surface area contributed by atoms with Crippen LogP contribution in [0.25, 0.3) is 11.3 Å². The first-order chi connectivity index (χ1) is 17.3. The molecule has 2 atom stereocenters. The van der Waals surface area contributed by atoms with Crippen LogP contribution in [-0.4, -0.2) is 89.7 Å². The standard InChI is InChI=1S/C25H29ClFN5O4/c1-3-18(34)30-9-10-31(14(2)12-30)24-20-23(36-13-15-11-28-7-8-32(15)25(20)35)21(26)22(29-24)19-16(27)5-4-6-17(19)33/h4-6,14-15,28,33H,3,7-13H2,1-2H3/t14-,15+/m0/s1. The van der Waals surface area contributed by atoms with Gasteiger partial charge in [0.1, 0.15) is 40.3 Å². The molecule has 2 amide bonds. The fourth-order valence-corrected chi connectivity index (χ4v) is 5.49. The Labute approximate surface area is 213 Å². The molecule has 9 nitrogen and oxygen atoms in total. The molecule has 0 spiro atoms. The summed E-state index contributed by atoms with van der Waals surface area (Å²) in [7, 11) is 0. The van der Waals surface area contributed by atoms with Crippen molar-refractivity contribution in [3.05, 3.63) is 34.6 Å². The van der Waals surface area contributed by atoms with Crippen LogP contribution in [0.2, 0.25) is 5.02 Å². The van der Waals surface area contributed by atoms with Crippen molar-refractivity contribution in [2.75, 3.05) is 50.8 Å². The number of nitrogens with one attached hydrogen (secondary N) is 1. The molecule has 3 aliphatic heterocycles. The van der Waals surface area contributed by atoms with Crippen molar-refractivity contribution in [2.45, 2.75) is 32.4 Å². The summed E-state index contributed by atoms with van der Waals surface area (Å²) in [6.45, 7) is 7.08. The van der Waals surface area contributed by atoms with Gasteiger partial charge in [-0.1, -0.05) is 24.6 Å². The lowest BCUT2D eigenvalue weighted by Crippen LogP contribution is -2.56. The van der Waals surface area contributed by atoms with Crippen molar-refractivity contribution in [3.8, 4) is 22.8 Å². The monoisotopic (exact) mass is 517 g/mol. The molecule has 11 heteroatoms. The second kappa shape index (κ2) is 9.74. The molecular formula is C25H29ClFN5O4. The number of carbonyl (C=O) groups excluding carboxylic acids is 2. The predicted octanol–water partition coefficient (Wildman–Crippen LogP) is 2.50. The largest absolute Gasteiger partial charge is 0.507 e. The smallest absolute Gasteiger partial charge is 0.261 e. The second-order valence-corrected chi connectivity index (χ2v) is 9.72. The normalized spacial score (nSPS) is 22.0. The Morgan fingerprint density at radius 2 is 2.08 bits per heavy atom.